The van der Waals surface area contributed by atoms with Crippen molar-refractivity contribution in [1.82, 2.24) is 19.7 Å². The quantitative estimate of drug-likeness (QED) is 0.499. The van der Waals surface area contributed by atoms with Gasteiger partial charge in [-0.1, -0.05) is 18.2 Å². The molecule has 0 bridgehead atoms. The Morgan fingerprint density at radius 3 is 2.62 bits per heavy atom. The third-order valence-corrected chi connectivity index (χ3v) is 3.36. The van der Waals surface area contributed by atoms with Gasteiger partial charge in [-0.05, 0) is 18.2 Å². The van der Waals surface area contributed by atoms with Crippen molar-refractivity contribution in [1.29, 1.82) is 5.26 Å². The summed E-state index contributed by atoms with van der Waals surface area (Å²) in [6.45, 7) is 0. The van der Waals surface area contributed by atoms with Crippen molar-refractivity contribution >= 4 is 21.8 Å². The molecular formula is C16H9N5. The van der Waals surface area contributed by atoms with Gasteiger partial charge in [0.25, 0.3) is 0 Å². The van der Waals surface area contributed by atoms with Gasteiger partial charge in [0.2, 0.25) is 0 Å². The molecule has 0 aliphatic rings. The molecule has 4 rings (SSSR count). The molecule has 0 atom stereocenters. The fourth-order valence-electron chi connectivity index (χ4n) is 2.35. The highest BCUT2D eigenvalue weighted by Crippen LogP contribution is 2.22. The molecule has 3 heterocycles. The molecule has 0 saturated heterocycles. The monoisotopic (exact) mass is 271 g/mol. The molecule has 5 heteroatoms. The minimum Gasteiger partial charge on any atom is -0.254 e. The van der Waals surface area contributed by atoms with E-state index >= 15 is 0 Å². The minimum absolute atomic E-state index is 0.507. The molecule has 0 radical (unpaired) electrons. The maximum Gasteiger partial charge on any atom is 0.154 e. The van der Waals surface area contributed by atoms with Crippen LogP contribution in [0.5, 0.6) is 0 Å². The summed E-state index contributed by atoms with van der Waals surface area (Å²) in [4.78, 5) is 9.07. The highest BCUT2D eigenvalue weighted by molar-refractivity contribution is 6.02. The van der Waals surface area contributed by atoms with Crippen molar-refractivity contribution in [3.05, 3.63) is 60.6 Å². The summed E-state index contributed by atoms with van der Waals surface area (Å²) >= 11 is 0. The van der Waals surface area contributed by atoms with E-state index < -0.39 is 0 Å². The van der Waals surface area contributed by atoms with E-state index in [2.05, 4.69) is 21.1 Å². The van der Waals surface area contributed by atoms with Crippen LogP contribution in [0.4, 0.5) is 0 Å². The molecule has 98 valence electrons. The number of pyridine rings is 2. The lowest BCUT2D eigenvalue weighted by molar-refractivity contribution is 0.853. The van der Waals surface area contributed by atoms with Gasteiger partial charge in [0, 0.05) is 17.0 Å². The molecule has 0 amide bonds. The first kappa shape index (κ1) is 11.6. The summed E-state index contributed by atoms with van der Waals surface area (Å²) in [6.07, 6.45) is 4.94. The number of aromatic nitrogens is 4. The molecule has 3 aromatic heterocycles. The zero-order valence-electron chi connectivity index (χ0n) is 10.9. The molecule has 0 fully saturated rings. The predicted octanol–water partition coefficient (Wildman–Crippen LogP) is 2.84. The van der Waals surface area contributed by atoms with E-state index in [1.807, 2.05) is 36.4 Å². The second kappa shape index (κ2) is 4.39. The third kappa shape index (κ3) is 1.82. The Kier molecular flexibility index (Phi) is 2.42. The topological polar surface area (TPSA) is 67.4 Å². The van der Waals surface area contributed by atoms with Crippen LogP contribution in [0, 0.1) is 11.3 Å². The van der Waals surface area contributed by atoms with Gasteiger partial charge >= 0.3 is 0 Å². The third-order valence-electron chi connectivity index (χ3n) is 3.36. The maximum atomic E-state index is 8.88. The molecule has 0 saturated carbocycles. The van der Waals surface area contributed by atoms with Crippen LogP contribution in [0.2, 0.25) is 0 Å². The maximum absolute atomic E-state index is 8.88. The second-order valence-electron chi connectivity index (χ2n) is 4.67. The molecule has 1 aromatic carbocycles. The van der Waals surface area contributed by atoms with Gasteiger partial charge < -0.3 is 0 Å². The van der Waals surface area contributed by atoms with Crippen LogP contribution in [0.25, 0.3) is 27.6 Å². The highest BCUT2D eigenvalue weighted by Gasteiger charge is 2.06. The molecule has 21 heavy (non-hydrogen) atoms. The lowest BCUT2D eigenvalue weighted by Crippen LogP contribution is -1.98. The number of rotatable bonds is 1. The normalized spacial score (nSPS) is 10.8. The van der Waals surface area contributed by atoms with Gasteiger partial charge in [0.15, 0.2) is 5.82 Å². The van der Waals surface area contributed by atoms with Gasteiger partial charge in [-0.25, -0.2) is 9.67 Å². The van der Waals surface area contributed by atoms with E-state index in [-0.39, 0.29) is 0 Å². The van der Waals surface area contributed by atoms with Crippen LogP contribution in [0.15, 0.2) is 55.0 Å². The zero-order chi connectivity index (χ0) is 14.2. The van der Waals surface area contributed by atoms with Gasteiger partial charge in [-0.2, -0.15) is 10.4 Å². The summed E-state index contributed by atoms with van der Waals surface area (Å²) in [7, 11) is 0. The summed E-state index contributed by atoms with van der Waals surface area (Å²) in [5.41, 5.74) is 2.21. The Labute approximate surface area is 120 Å². The Morgan fingerprint density at radius 1 is 1.00 bits per heavy atom. The van der Waals surface area contributed by atoms with E-state index in [0.717, 1.165) is 21.8 Å². The number of hydrogen-bond acceptors (Lipinski definition) is 4. The zero-order valence-corrected chi connectivity index (χ0v) is 10.9. The van der Waals surface area contributed by atoms with E-state index in [1.165, 1.54) is 6.20 Å². The van der Waals surface area contributed by atoms with Crippen LogP contribution < -0.4 is 0 Å². The molecule has 0 spiro atoms. The van der Waals surface area contributed by atoms with E-state index in [0.29, 0.717) is 11.4 Å². The van der Waals surface area contributed by atoms with Gasteiger partial charge in [0.05, 0.1) is 29.0 Å². The predicted molar refractivity (Wildman–Crippen MR) is 78.9 cm³/mol. The summed E-state index contributed by atoms with van der Waals surface area (Å²) in [5.74, 6) is 0.669. The van der Waals surface area contributed by atoms with Crippen molar-refractivity contribution in [2.45, 2.75) is 0 Å². The Bertz CT molecular complexity index is 1010. The Balaban J connectivity index is 2.00. The van der Waals surface area contributed by atoms with Crippen molar-refractivity contribution in [2.75, 3.05) is 0 Å². The van der Waals surface area contributed by atoms with Crippen molar-refractivity contribution in [3.8, 4) is 11.9 Å². The standard InChI is InChI=1S/C16H9N5/c17-8-11-9-19-21(10-11)14-6-5-13-4-3-12-2-1-7-18-15(12)16(13)20-14/h1-7,9-10H. The van der Waals surface area contributed by atoms with Gasteiger partial charge in [-0.3, -0.25) is 4.98 Å². The van der Waals surface area contributed by atoms with Crippen LogP contribution >= 0.6 is 0 Å². The van der Waals surface area contributed by atoms with E-state index in [1.54, 1.807) is 17.1 Å². The molecule has 0 aliphatic carbocycles. The first-order valence-corrected chi connectivity index (χ1v) is 6.45. The number of nitrogens with zero attached hydrogens (tertiary/aromatic N) is 5. The smallest absolute Gasteiger partial charge is 0.154 e. The Morgan fingerprint density at radius 2 is 1.81 bits per heavy atom. The van der Waals surface area contributed by atoms with Crippen molar-refractivity contribution < 1.29 is 0 Å². The highest BCUT2D eigenvalue weighted by atomic mass is 15.3. The van der Waals surface area contributed by atoms with Crippen molar-refractivity contribution in [2.24, 2.45) is 0 Å². The van der Waals surface area contributed by atoms with Crippen LogP contribution in [0.3, 0.4) is 0 Å². The van der Waals surface area contributed by atoms with Crippen molar-refractivity contribution in [3.63, 3.8) is 0 Å². The Hall–Kier alpha value is -3.26. The molecule has 4 aromatic rings. The number of benzene rings is 1. The first-order valence-electron chi connectivity index (χ1n) is 6.45. The van der Waals surface area contributed by atoms with Crippen LogP contribution in [0.1, 0.15) is 5.56 Å². The van der Waals surface area contributed by atoms with Gasteiger partial charge in [0.1, 0.15) is 6.07 Å². The molecular weight excluding hydrogens is 262 g/mol. The SMILES string of the molecule is N#Cc1cnn(-c2ccc3ccc4cccnc4c3n2)c1. The summed E-state index contributed by atoms with van der Waals surface area (Å²) in [6, 6.07) is 13.9. The van der Waals surface area contributed by atoms with E-state index in [4.69, 9.17) is 5.26 Å². The largest absolute Gasteiger partial charge is 0.254 e. The molecule has 0 aliphatic heterocycles. The minimum atomic E-state index is 0.507. The number of hydrogen-bond donors (Lipinski definition) is 0. The summed E-state index contributed by atoms with van der Waals surface area (Å²) in [5, 5.41) is 15.1. The lowest BCUT2D eigenvalue weighted by Gasteiger charge is -2.05. The number of fused-ring (bicyclic) bond motifs is 3. The molecule has 5 nitrogen and oxygen atoms in total. The average Bonchev–Trinajstić information content (AvgIpc) is 3.03. The fourth-order valence-corrected chi connectivity index (χ4v) is 2.35. The molecule has 0 unspecified atom stereocenters. The van der Waals surface area contributed by atoms with Gasteiger partial charge in [-0.15, -0.1) is 0 Å². The second-order valence-corrected chi connectivity index (χ2v) is 4.67. The first-order chi connectivity index (χ1) is 10.3. The summed E-state index contributed by atoms with van der Waals surface area (Å²) < 4.78 is 1.60. The van der Waals surface area contributed by atoms with E-state index in [9.17, 15) is 0 Å². The van der Waals surface area contributed by atoms with Crippen LogP contribution in [-0.4, -0.2) is 19.7 Å². The van der Waals surface area contributed by atoms with Crippen LogP contribution in [-0.2, 0) is 0 Å². The average molecular weight is 271 g/mol. The lowest BCUT2D eigenvalue weighted by atomic mass is 10.1. The molecule has 0 N–H and O–H groups in total. The fraction of sp³-hybridized carbons (Fsp3) is 0. The number of nitriles is 1.